The van der Waals surface area contributed by atoms with Crippen molar-refractivity contribution in [1.29, 1.82) is 0 Å². The Morgan fingerprint density at radius 3 is 2.15 bits per heavy atom. The number of imidazole rings is 1. The van der Waals surface area contributed by atoms with Gasteiger partial charge in [0.25, 0.3) is 6.33 Å². The van der Waals surface area contributed by atoms with Gasteiger partial charge in [0.1, 0.15) is 17.3 Å². The topological polar surface area (TPSA) is 35.9 Å². The van der Waals surface area contributed by atoms with E-state index in [1.807, 2.05) is 0 Å². The van der Waals surface area contributed by atoms with Crippen molar-refractivity contribution in [1.82, 2.24) is 14.1 Å². The maximum absolute atomic E-state index is 9.28. The number of ether oxygens (including phenoxy) is 1. The van der Waals surface area contributed by atoms with E-state index in [0.717, 1.165) is 0 Å². The van der Waals surface area contributed by atoms with Crippen LogP contribution in [0.15, 0.2) is 188 Å². The van der Waals surface area contributed by atoms with Crippen LogP contribution in [0.2, 0.25) is 0 Å². The molecule has 3 heterocycles. The third-order valence-electron chi connectivity index (χ3n) is 9.15. The highest BCUT2D eigenvalue weighted by molar-refractivity contribution is 6.09. The fourth-order valence-electron chi connectivity index (χ4n) is 6.74. The molecular formula is C50H36N4O. The molecule has 3 aromatic heterocycles. The first-order chi connectivity index (χ1) is 34.5. The summed E-state index contributed by atoms with van der Waals surface area (Å²) in [6, 6.07) is 13.7. The van der Waals surface area contributed by atoms with E-state index in [-0.39, 0.29) is 72.6 Å². The summed E-state index contributed by atoms with van der Waals surface area (Å²) in [5.41, 5.74) is 1.41. The van der Waals surface area contributed by atoms with Crippen molar-refractivity contribution in [3.8, 4) is 50.9 Å². The Bertz CT molecular complexity index is 3890. The molecule has 7 aromatic carbocycles. The summed E-state index contributed by atoms with van der Waals surface area (Å²) in [6.07, 6.45) is 2.86. The van der Waals surface area contributed by atoms with Gasteiger partial charge in [-0.15, -0.1) is 0 Å². The highest BCUT2D eigenvalue weighted by Gasteiger charge is 2.20. The van der Waals surface area contributed by atoms with E-state index in [9.17, 15) is 2.74 Å². The van der Waals surface area contributed by atoms with Crippen LogP contribution in [0.25, 0.3) is 72.3 Å². The number of benzene rings is 7. The van der Waals surface area contributed by atoms with Gasteiger partial charge in [-0.1, -0.05) is 134 Å². The molecule has 262 valence electrons. The summed E-state index contributed by atoms with van der Waals surface area (Å²) in [6.45, 7) is 1.36. The van der Waals surface area contributed by atoms with Crippen molar-refractivity contribution in [2.45, 2.75) is 13.3 Å². The van der Waals surface area contributed by atoms with Crippen LogP contribution in [0.1, 0.15) is 37.2 Å². The number of pyridine rings is 1. The Kier molecular flexibility index (Phi) is 4.63. The number of fused-ring (bicyclic) bond motifs is 4. The van der Waals surface area contributed by atoms with Crippen LogP contribution in [0.3, 0.4) is 0 Å². The van der Waals surface area contributed by atoms with Crippen molar-refractivity contribution in [3.05, 3.63) is 200 Å². The lowest BCUT2D eigenvalue weighted by molar-refractivity contribution is -0.571. The van der Waals surface area contributed by atoms with E-state index in [0.29, 0.717) is 16.7 Å². The van der Waals surface area contributed by atoms with Gasteiger partial charge >= 0.3 is 0 Å². The molecule has 0 amide bonds. The van der Waals surface area contributed by atoms with Gasteiger partial charge in [-0.25, -0.2) is 4.98 Å². The number of rotatable bonds is 8. The van der Waals surface area contributed by atoms with Crippen LogP contribution in [-0.2, 0) is 6.37 Å². The van der Waals surface area contributed by atoms with Crippen LogP contribution in [0, 0.1) is 6.33 Å². The third-order valence-corrected chi connectivity index (χ3v) is 9.15. The SMILES string of the molecule is [2H]c1c([2H])c([2H])c(-c2cccc(-c3c([2H])c([2H])c([2H])c([2H])c3[2H])c2-[n+]2[c-]n(-c3cccc(Oc4cc5c(c([2H])c4[2H])c4c([2H])c([2H])c([2H])c([2H])c4n5-c4cc(C([2H])([2H])C)ccn4)c3)c3ccccc32)c([2H])c1[2H]. The predicted molar refractivity (Wildman–Crippen MR) is 223 cm³/mol. The Hall–Kier alpha value is -7.24. The van der Waals surface area contributed by atoms with Gasteiger partial charge in [-0.05, 0) is 82.6 Å². The van der Waals surface area contributed by atoms with E-state index in [4.69, 9.17) is 26.7 Å². The molecule has 5 nitrogen and oxygen atoms in total. The second kappa shape index (κ2) is 13.6. The molecule has 10 rings (SSSR count). The highest BCUT2D eigenvalue weighted by Crippen LogP contribution is 2.37. The molecule has 0 fully saturated rings. The van der Waals surface area contributed by atoms with Crippen LogP contribution in [0.4, 0.5) is 0 Å². The maximum atomic E-state index is 9.28. The standard InChI is InChI=1S/C50H36N4O/c1-2-35-29-30-51-49(31-35)54-45-24-10-9-21-43(45)44-28-27-40(33-48(44)54)55-39-20-13-19-38(32-39)52-34-53(47-26-12-11-25-46(47)52)50-41(36-15-5-3-6-16-36)22-14-23-42(50)37-17-7-4-8-18-37/h3-33H,2H2,1H3/i2D2,3D,4D,5D,6D,7D,8D,9D,10D,15D,16D,17D,18D,21D,24D,27D,28D. The fraction of sp³-hybridized carbons (Fsp3) is 0.0400. The summed E-state index contributed by atoms with van der Waals surface area (Å²) >= 11 is 0. The van der Waals surface area contributed by atoms with Gasteiger partial charge in [-0.2, -0.15) is 0 Å². The van der Waals surface area contributed by atoms with Gasteiger partial charge in [0.15, 0.2) is 0 Å². The summed E-state index contributed by atoms with van der Waals surface area (Å²) in [5, 5.41) is -0.0180. The smallest absolute Gasteiger partial charge is 0.269 e. The zero-order chi connectivity index (χ0) is 52.4. The second-order valence-electron chi connectivity index (χ2n) is 12.3. The van der Waals surface area contributed by atoms with E-state index in [2.05, 4.69) is 11.3 Å². The minimum absolute atomic E-state index is 0.0182. The molecule has 5 heteroatoms. The van der Waals surface area contributed by atoms with Crippen LogP contribution in [0.5, 0.6) is 11.5 Å². The average Bonchev–Trinajstić information content (AvgIpc) is 3.93. The molecule has 10 aromatic rings. The molecule has 0 saturated carbocycles. The first kappa shape index (κ1) is 18.7. The number of hydrogen-bond acceptors (Lipinski definition) is 2. The largest absolute Gasteiger partial charge is 0.458 e. The van der Waals surface area contributed by atoms with Crippen molar-refractivity contribution in [2.75, 3.05) is 0 Å². The molecule has 0 N–H and O–H groups in total. The Morgan fingerprint density at radius 1 is 0.655 bits per heavy atom. The monoisotopic (exact) mass is 726 g/mol. The summed E-state index contributed by atoms with van der Waals surface area (Å²) in [7, 11) is 0. The molecule has 0 bridgehead atoms. The molecule has 0 aliphatic heterocycles. The number of para-hydroxylation sites is 4. The van der Waals surface area contributed by atoms with Gasteiger partial charge in [-0.3, -0.25) is 13.7 Å². The molecule has 0 spiro atoms. The molecule has 0 saturated heterocycles. The van der Waals surface area contributed by atoms with Crippen molar-refractivity contribution < 1.29 is 34.0 Å². The molecular weight excluding hydrogens is 673 g/mol. The van der Waals surface area contributed by atoms with Crippen LogP contribution >= 0.6 is 0 Å². The van der Waals surface area contributed by atoms with E-state index >= 15 is 0 Å². The Balaban J connectivity index is 1.19. The maximum Gasteiger partial charge on any atom is 0.269 e. The normalized spacial score (nSPS) is 16.3. The summed E-state index contributed by atoms with van der Waals surface area (Å²) < 4.78 is 168. The third kappa shape index (κ3) is 5.74. The van der Waals surface area contributed by atoms with Gasteiger partial charge in [0, 0.05) is 25.8 Å². The van der Waals surface area contributed by atoms with E-state index < -0.39 is 103 Å². The Labute approximate surface area is 344 Å². The lowest BCUT2D eigenvalue weighted by Gasteiger charge is -2.17. The fourth-order valence-corrected chi connectivity index (χ4v) is 6.74. The minimum atomic E-state index is -1.83. The molecule has 0 atom stereocenters. The first-order valence-corrected chi connectivity index (χ1v) is 17.1. The van der Waals surface area contributed by atoms with Crippen molar-refractivity contribution in [3.63, 3.8) is 0 Å². The molecule has 0 aliphatic rings. The van der Waals surface area contributed by atoms with E-state index in [1.165, 1.54) is 58.7 Å². The minimum Gasteiger partial charge on any atom is -0.458 e. The van der Waals surface area contributed by atoms with Gasteiger partial charge in [0.2, 0.25) is 0 Å². The molecule has 0 aliphatic carbocycles. The molecule has 55 heavy (non-hydrogen) atoms. The number of hydrogen-bond donors (Lipinski definition) is 0. The van der Waals surface area contributed by atoms with Crippen LogP contribution < -0.4 is 9.30 Å². The number of aromatic nitrogens is 4. The summed E-state index contributed by atoms with van der Waals surface area (Å²) in [5.74, 6) is 0.0840. The second-order valence-corrected chi connectivity index (χ2v) is 12.3. The molecule has 0 unspecified atom stereocenters. The zero-order valence-electron chi connectivity index (χ0n) is 46.9. The average molecular weight is 727 g/mol. The summed E-state index contributed by atoms with van der Waals surface area (Å²) in [4.78, 5) is 4.46. The highest BCUT2D eigenvalue weighted by atomic mass is 16.5. The number of nitrogens with zero attached hydrogens (tertiary/aromatic N) is 4. The van der Waals surface area contributed by atoms with Crippen molar-refractivity contribution >= 4 is 32.8 Å². The lowest BCUT2D eigenvalue weighted by Crippen LogP contribution is -2.31. The first-order valence-electron chi connectivity index (χ1n) is 26.1. The number of aryl methyl sites for hydroxylation is 1. The molecule has 0 radical (unpaired) electrons. The predicted octanol–water partition coefficient (Wildman–Crippen LogP) is 11.9. The quantitative estimate of drug-likeness (QED) is 0.115. The van der Waals surface area contributed by atoms with E-state index in [1.54, 1.807) is 53.1 Å². The lowest BCUT2D eigenvalue weighted by atomic mass is 9.95. The van der Waals surface area contributed by atoms with Gasteiger partial charge in [0.05, 0.1) is 55.4 Å². The van der Waals surface area contributed by atoms with Gasteiger partial charge < -0.3 is 4.74 Å². The zero-order valence-corrected chi connectivity index (χ0v) is 28.9. The van der Waals surface area contributed by atoms with Crippen molar-refractivity contribution in [2.24, 2.45) is 0 Å². The van der Waals surface area contributed by atoms with Crippen LogP contribution in [-0.4, -0.2) is 14.1 Å². The Morgan fingerprint density at radius 2 is 1.36 bits per heavy atom.